The number of hydrogen-bond donors (Lipinski definition) is 2. The normalized spacial score (nSPS) is 11.3. The van der Waals surface area contributed by atoms with Crippen molar-refractivity contribution in [2.75, 3.05) is 10.6 Å². The third kappa shape index (κ3) is 4.69. The molecule has 0 aliphatic carbocycles. The van der Waals surface area contributed by atoms with E-state index >= 15 is 0 Å². The summed E-state index contributed by atoms with van der Waals surface area (Å²) in [7, 11) is 0. The van der Waals surface area contributed by atoms with E-state index in [-0.39, 0.29) is 28.0 Å². The van der Waals surface area contributed by atoms with Gasteiger partial charge in [0.2, 0.25) is 11.6 Å². The summed E-state index contributed by atoms with van der Waals surface area (Å²) in [5, 5.41) is 15.9. The topological polar surface area (TPSA) is 93.0 Å². The van der Waals surface area contributed by atoms with Gasteiger partial charge in [0.25, 0.3) is 0 Å². The Morgan fingerprint density at radius 3 is 2.03 bits per heavy atom. The van der Waals surface area contributed by atoms with Crippen LogP contribution in [0.5, 0.6) is 0 Å². The van der Waals surface area contributed by atoms with Gasteiger partial charge in [0.1, 0.15) is 12.1 Å². The number of alkyl halides is 3. The molecule has 0 unspecified atom stereocenters. The highest BCUT2D eigenvalue weighted by molar-refractivity contribution is 6.31. The smallest absolute Gasteiger partial charge is 0.334 e. The molecule has 2 aromatic carbocycles. The summed E-state index contributed by atoms with van der Waals surface area (Å²) in [6, 6.07) is 6.40. The van der Waals surface area contributed by atoms with Gasteiger partial charge in [-0.15, -0.1) is 0 Å². The number of benzene rings is 2. The fourth-order valence-corrected chi connectivity index (χ4v) is 2.81. The van der Waals surface area contributed by atoms with E-state index in [1.165, 1.54) is 18.2 Å². The number of nitro groups is 1. The molecule has 30 heavy (non-hydrogen) atoms. The van der Waals surface area contributed by atoms with Crippen molar-refractivity contribution in [1.29, 1.82) is 0 Å². The zero-order valence-electron chi connectivity index (χ0n) is 14.5. The summed E-state index contributed by atoms with van der Waals surface area (Å²) in [6.45, 7) is 0. The lowest BCUT2D eigenvalue weighted by Crippen LogP contribution is -2.08. The first-order chi connectivity index (χ1) is 14.1. The summed E-state index contributed by atoms with van der Waals surface area (Å²) in [6.07, 6.45) is -3.76. The molecule has 3 rings (SSSR count). The third-order valence-electron chi connectivity index (χ3n) is 3.72. The maximum Gasteiger partial charge on any atom is 0.417 e. The number of aromatic nitrogens is 2. The number of rotatable bonds is 5. The van der Waals surface area contributed by atoms with E-state index in [0.29, 0.717) is 6.07 Å². The number of anilines is 4. The average molecular weight is 462 g/mol. The predicted molar refractivity (Wildman–Crippen MR) is 103 cm³/mol. The van der Waals surface area contributed by atoms with Crippen molar-refractivity contribution in [1.82, 2.24) is 9.97 Å². The van der Waals surface area contributed by atoms with Gasteiger partial charge in [-0.05, 0) is 36.4 Å². The second kappa shape index (κ2) is 8.28. The summed E-state index contributed by atoms with van der Waals surface area (Å²) >= 11 is 11.3. The quantitative estimate of drug-likeness (QED) is 0.261. The van der Waals surface area contributed by atoms with E-state index in [1.807, 2.05) is 0 Å². The Labute approximate surface area is 175 Å². The lowest BCUT2D eigenvalue weighted by atomic mass is 10.2. The fourth-order valence-electron chi connectivity index (χ4n) is 2.40. The van der Waals surface area contributed by atoms with Gasteiger partial charge in [0.15, 0.2) is 0 Å². The number of hydrogen-bond acceptors (Lipinski definition) is 6. The maximum atomic E-state index is 13.3. The minimum atomic E-state index is -4.72. The molecule has 0 bridgehead atoms. The molecule has 0 saturated carbocycles. The lowest BCUT2D eigenvalue weighted by molar-refractivity contribution is -0.383. The van der Waals surface area contributed by atoms with Gasteiger partial charge in [-0.3, -0.25) is 10.1 Å². The summed E-state index contributed by atoms with van der Waals surface area (Å²) in [5.41, 5.74) is -1.71. The van der Waals surface area contributed by atoms with Crippen molar-refractivity contribution in [3.63, 3.8) is 0 Å². The van der Waals surface area contributed by atoms with Crippen molar-refractivity contribution < 1.29 is 22.5 Å². The molecular weight excluding hydrogens is 453 g/mol. The van der Waals surface area contributed by atoms with Crippen LogP contribution < -0.4 is 10.6 Å². The van der Waals surface area contributed by atoms with Crippen molar-refractivity contribution in [2.45, 2.75) is 6.18 Å². The van der Waals surface area contributed by atoms with Crippen LogP contribution in [0.1, 0.15) is 5.56 Å². The molecular formula is C17H9Cl2F4N5O2. The minimum absolute atomic E-state index is 0.135. The second-order valence-electron chi connectivity index (χ2n) is 5.75. The highest BCUT2D eigenvalue weighted by Crippen LogP contribution is 2.38. The molecule has 0 fully saturated rings. The lowest BCUT2D eigenvalue weighted by Gasteiger charge is -2.13. The monoisotopic (exact) mass is 461 g/mol. The molecule has 0 aliphatic heterocycles. The first-order valence-electron chi connectivity index (χ1n) is 7.91. The minimum Gasteiger partial charge on any atom is -0.334 e. The molecule has 0 amide bonds. The average Bonchev–Trinajstić information content (AvgIpc) is 2.65. The Kier molecular flexibility index (Phi) is 5.94. The molecule has 1 aromatic heterocycles. The van der Waals surface area contributed by atoms with Crippen LogP contribution in [0.25, 0.3) is 0 Å². The van der Waals surface area contributed by atoms with Gasteiger partial charge in [-0.25, -0.2) is 14.4 Å². The van der Waals surface area contributed by atoms with Crippen LogP contribution in [0.4, 0.5) is 46.3 Å². The van der Waals surface area contributed by atoms with Crippen molar-refractivity contribution in [3.8, 4) is 0 Å². The SMILES string of the molecule is O=[N+]([O-])c1c(Nc2ccc(F)c(Cl)c2)ncnc1Nc1ccc(Cl)c(C(F)(F)F)c1. The van der Waals surface area contributed by atoms with E-state index in [4.69, 9.17) is 23.2 Å². The molecule has 0 spiro atoms. The van der Waals surface area contributed by atoms with Gasteiger partial charge < -0.3 is 10.6 Å². The Hall–Kier alpha value is -3.18. The second-order valence-corrected chi connectivity index (χ2v) is 6.56. The highest BCUT2D eigenvalue weighted by Gasteiger charge is 2.33. The Bertz CT molecular complexity index is 1130. The van der Waals surface area contributed by atoms with Gasteiger partial charge in [-0.2, -0.15) is 13.2 Å². The van der Waals surface area contributed by atoms with Crippen molar-refractivity contribution in [3.05, 3.63) is 74.3 Å². The summed E-state index contributed by atoms with van der Waals surface area (Å²) in [4.78, 5) is 18.3. The van der Waals surface area contributed by atoms with Crippen molar-refractivity contribution in [2.24, 2.45) is 0 Å². The highest BCUT2D eigenvalue weighted by atomic mass is 35.5. The maximum absolute atomic E-state index is 13.3. The van der Waals surface area contributed by atoms with Crippen molar-refractivity contribution >= 4 is 51.9 Å². The molecule has 13 heteroatoms. The van der Waals surface area contributed by atoms with Gasteiger partial charge in [-0.1, -0.05) is 23.2 Å². The van der Waals surface area contributed by atoms with E-state index in [1.54, 1.807) is 0 Å². The first-order valence-corrected chi connectivity index (χ1v) is 8.67. The van der Waals surface area contributed by atoms with E-state index < -0.39 is 33.2 Å². The molecule has 0 atom stereocenters. The molecule has 3 aromatic rings. The molecule has 1 heterocycles. The zero-order valence-corrected chi connectivity index (χ0v) is 16.0. The largest absolute Gasteiger partial charge is 0.417 e. The van der Waals surface area contributed by atoms with Crippen LogP contribution in [-0.2, 0) is 6.18 Å². The third-order valence-corrected chi connectivity index (χ3v) is 4.34. The predicted octanol–water partition coefficient (Wildman–Crippen LogP) is 6.34. The molecule has 2 N–H and O–H groups in total. The van der Waals surface area contributed by atoms with Gasteiger partial charge in [0, 0.05) is 11.4 Å². The number of nitrogens with zero attached hydrogens (tertiary/aromatic N) is 3. The van der Waals surface area contributed by atoms with Gasteiger partial charge >= 0.3 is 11.9 Å². The molecule has 0 aliphatic rings. The van der Waals surface area contributed by atoms with E-state index in [9.17, 15) is 27.7 Å². The van der Waals surface area contributed by atoms with E-state index in [0.717, 1.165) is 18.5 Å². The van der Waals surface area contributed by atoms with Crippen LogP contribution in [-0.4, -0.2) is 14.9 Å². The molecule has 7 nitrogen and oxygen atoms in total. The van der Waals surface area contributed by atoms with Crippen LogP contribution >= 0.6 is 23.2 Å². The van der Waals surface area contributed by atoms with Crippen LogP contribution in [0.15, 0.2) is 42.7 Å². The number of nitrogens with one attached hydrogen (secondary N) is 2. The summed E-state index contributed by atoms with van der Waals surface area (Å²) < 4.78 is 52.4. The Balaban J connectivity index is 1.99. The molecule has 0 radical (unpaired) electrons. The fraction of sp³-hybridized carbons (Fsp3) is 0.0588. The summed E-state index contributed by atoms with van der Waals surface area (Å²) in [5.74, 6) is -1.35. The first kappa shape index (κ1) is 21.5. The zero-order chi connectivity index (χ0) is 22.1. The van der Waals surface area contributed by atoms with Crippen LogP contribution in [0.3, 0.4) is 0 Å². The Morgan fingerprint density at radius 1 is 0.933 bits per heavy atom. The van der Waals surface area contributed by atoms with Gasteiger partial charge in [0.05, 0.1) is 20.5 Å². The number of halogens is 6. The standard InChI is InChI=1S/C17H9Cl2F4N5O2/c18-11-3-1-8(5-10(11)17(21,22)23)26-15-14(28(29)30)16(25-7-24-15)27-9-2-4-13(20)12(19)6-9/h1-7H,(H2,24,25,26,27). The Morgan fingerprint density at radius 2 is 1.50 bits per heavy atom. The molecule has 156 valence electrons. The molecule has 0 saturated heterocycles. The van der Waals surface area contributed by atoms with Crippen LogP contribution in [0, 0.1) is 15.9 Å². The van der Waals surface area contributed by atoms with Crippen LogP contribution in [0.2, 0.25) is 10.0 Å². The van der Waals surface area contributed by atoms with E-state index in [2.05, 4.69) is 20.6 Å².